The number of methoxy groups -OCH3 is 2. The van der Waals surface area contributed by atoms with Crippen LogP contribution in [0.2, 0.25) is 0 Å². The van der Waals surface area contributed by atoms with Gasteiger partial charge in [0.05, 0.1) is 37.0 Å². The zero-order chi connectivity index (χ0) is 68.5. The predicted molar refractivity (Wildman–Crippen MR) is 362 cm³/mol. The number of azo groups is 2. The number of nitrogens with two attached hydrogens (primary N) is 1. The Morgan fingerprint density at radius 3 is 1.83 bits per heavy atom. The second-order valence-corrected chi connectivity index (χ2v) is 26.1. The minimum absolute atomic E-state index is 0.0486. The van der Waals surface area contributed by atoms with Crippen molar-refractivity contribution in [3.05, 3.63) is 193 Å². The number of anilines is 3. The van der Waals surface area contributed by atoms with Gasteiger partial charge in [-0.25, -0.2) is 4.79 Å². The van der Waals surface area contributed by atoms with E-state index in [1.54, 1.807) is 129 Å². The van der Waals surface area contributed by atoms with Crippen LogP contribution in [-0.2, 0) is 50.6 Å². The Balaban J connectivity index is 0.805. The van der Waals surface area contributed by atoms with Gasteiger partial charge < -0.3 is 40.2 Å². The number of hydrogen-bond acceptors (Lipinski definition) is 18. The fourth-order valence-corrected chi connectivity index (χ4v) is 12.4. The summed E-state index contributed by atoms with van der Waals surface area (Å²) in [6.45, 7) is 5.05. The third-order valence-electron chi connectivity index (χ3n) is 16.6. The number of fused-ring (bicyclic) bond motifs is 2. The van der Waals surface area contributed by atoms with Crippen LogP contribution in [-0.4, -0.2) is 93.7 Å². The second kappa shape index (κ2) is 29.3. The minimum Gasteiger partial charge on any atom is -0.493 e. The standard InChI is InChI=1S/C71H68N8O15S2/c1-6-71(2,3)67(81)69(83)79-37-12-11-20-58(79)70(84)94-59(35-21-43-22-36-60(91-4)61(38-43)92-5)47-14-13-15-51(39-47)93-42-64(80)73-48-29-27-46(28-30-48)68(82)74-66-55-19-10-8-17-53(55)63(96(88,89)90)41-57(66)78-76-50-33-25-45(26-34-50)44-23-31-49(32-24-44)75-77-56-40-62(95(85,86)87)52-16-7-9-18-54(52)65(56)72/h7-10,13-19,22-34,36,38-41,58-59H,6,11-12,20-21,35,37,42,72H2,1-5H3,(H,73,80)(H,74,82)(H,85,86,87)(H,88,89,90)/b77-75+,78-76+. The minimum atomic E-state index is -4.83. The fourth-order valence-electron chi connectivity index (χ4n) is 11.0. The molecule has 0 saturated carbocycles. The molecule has 0 aromatic heterocycles. The molecule has 494 valence electrons. The number of nitrogens with zero attached hydrogens (tertiary/aromatic N) is 5. The van der Waals surface area contributed by atoms with Crippen LogP contribution < -0.4 is 30.6 Å². The van der Waals surface area contributed by atoms with Crippen LogP contribution in [0, 0.1) is 5.41 Å². The van der Waals surface area contributed by atoms with E-state index in [4.69, 9.17) is 24.7 Å². The molecule has 1 fully saturated rings. The van der Waals surface area contributed by atoms with E-state index in [9.17, 15) is 49.9 Å². The van der Waals surface area contributed by atoms with Gasteiger partial charge in [0.25, 0.3) is 38.0 Å². The molecule has 9 aromatic rings. The number of nitrogens with one attached hydrogen (secondary N) is 2. The van der Waals surface area contributed by atoms with Gasteiger partial charge in [0.1, 0.15) is 39.1 Å². The molecule has 0 radical (unpaired) electrons. The van der Waals surface area contributed by atoms with Gasteiger partial charge in [-0.2, -0.15) is 27.1 Å². The number of ketones is 1. The lowest BCUT2D eigenvalue weighted by molar-refractivity contribution is -0.164. The van der Waals surface area contributed by atoms with Crippen LogP contribution >= 0.6 is 0 Å². The van der Waals surface area contributed by atoms with Crippen molar-refractivity contribution >= 4 is 111 Å². The number of carbonyl (C=O) groups is 5. The highest BCUT2D eigenvalue weighted by Crippen LogP contribution is 2.41. The van der Waals surface area contributed by atoms with E-state index in [2.05, 4.69) is 31.1 Å². The second-order valence-electron chi connectivity index (χ2n) is 23.3. The zero-order valence-corrected chi connectivity index (χ0v) is 54.5. The first-order valence-electron chi connectivity index (χ1n) is 30.5. The highest BCUT2D eigenvalue weighted by Gasteiger charge is 2.41. The molecular weight excluding hydrogens is 1270 g/mol. The summed E-state index contributed by atoms with van der Waals surface area (Å²) in [6.07, 6.45) is 1.92. The van der Waals surface area contributed by atoms with Gasteiger partial charge in [-0.1, -0.05) is 112 Å². The number of esters is 1. The molecule has 23 nitrogen and oxygen atoms in total. The number of nitrogen functional groups attached to an aromatic ring is 1. The van der Waals surface area contributed by atoms with Gasteiger partial charge in [-0.05, 0) is 146 Å². The molecule has 1 heterocycles. The van der Waals surface area contributed by atoms with E-state index in [1.165, 1.54) is 55.5 Å². The van der Waals surface area contributed by atoms with E-state index in [1.807, 2.05) is 19.1 Å². The van der Waals surface area contributed by atoms with Gasteiger partial charge in [0.2, 0.25) is 5.78 Å². The summed E-state index contributed by atoms with van der Waals surface area (Å²) < 4.78 is 93.5. The van der Waals surface area contributed by atoms with Gasteiger partial charge in [-0.3, -0.25) is 28.3 Å². The molecule has 3 amide bonds. The maximum Gasteiger partial charge on any atom is 0.329 e. The number of Topliss-reactive ketones (excluding diaryl/α,β-unsaturated/α-hetero) is 1. The van der Waals surface area contributed by atoms with E-state index >= 15 is 0 Å². The number of benzene rings is 9. The van der Waals surface area contributed by atoms with Crippen molar-refractivity contribution in [3.8, 4) is 28.4 Å². The van der Waals surface area contributed by atoms with E-state index in [0.717, 1.165) is 28.8 Å². The maximum absolute atomic E-state index is 14.2. The van der Waals surface area contributed by atoms with E-state index in [-0.39, 0.29) is 61.7 Å². The monoisotopic (exact) mass is 1340 g/mol. The Bertz CT molecular complexity index is 4760. The van der Waals surface area contributed by atoms with Crippen LogP contribution in [0.3, 0.4) is 0 Å². The third-order valence-corrected chi connectivity index (χ3v) is 18.4. The molecule has 1 aliphatic rings. The summed E-state index contributed by atoms with van der Waals surface area (Å²) in [6, 6.07) is 46.0. The summed E-state index contributed by atoms with van der Waals surface area (Å²) in [4.78, 5) is 69.3. The van der Waals surface area contributed by atoms with E-state index < -0.39 is 78.8 Å². The lowest BCUT2D eigenvalue weighted by atomic mass is 9.84. The van der Waals surface area contributed by atoms with E-state index in [0.29, 0.717) is 78.0 Å². The Morgan fingerprint density at radius 1 is 0.646 bits per heavy atom. The number of ether oxygens (including phenoxy) is 4. The third kappa shape index (κ3) is 15.9. The van der Waals surface area contributed by atoms with Crippen molar-refractivity contribution in [1.82, 2.24) is 4.90 Å². The molecule has 0 aliphatic carbocycles. The van der Waals surface area contributed by atoms with Crippen molar-refractivity contribution in [2.45, 2.75) is 81.2 Å². The molecule has 2 unspecified atom stereocenters. The number of amides is 3. The highest BCUT2D eigenvalue weighted by molar-refractivity contribution is 7.86. The first-order valence-corrected chi connectivity index (χ1v) is 33.4. The molecule has 10 rings (SSSR count). The van der Waals surface area contributed by atoms with Crippen LogP contribution in [0.25, 0.3) is 32.7 Å². The Kier molecular flexibility index (Phi) is 20.8. The summed E-state index contributed by atoms with van der Waals surface area (Å²) >= 11 is 0. The SMILES string of the molecule is CCC(C)(C)C(=O)C(=O)N1CCCCC1C(=O)OC(CCc1ccc(OC)c(OC)c1)c1cccc(OCC(=O)Nc2ccc(C(=O)Nc3c(/N=N/c4ccc(-c5ccc(/N=N/c6cc(S(=O)(=O)O)c7ccccc7c6N)cc5)cc4)cc(S(=O)(=O)O)c4ccccc34)cc2)c1. The summed E-state index contributed by atoms with van der Waals surface area (Å²) in [5.74, 6) is -1.75. The number of hydrogen-bond donors (Lipinski definition) is 5. The van der Waals surface area contributed by atoms with Gasteiger partial charge in [-0.15, -0.1) is 10.2 Å². The Morgan fingerprint density at radius 2 is 1.23 bits per heavy atom. The molecular formula is C71H68N8O15S2. The fraction of sp³-hybridized carbons (Fsp3) is 0.225. The van der Waals surface area contributed by atoms with Crippen LogP contribution in [0.15, 0.2) is 206 Å². The summed E-state index contributed by atoms with van der Waals surface area (Å²) in [5, 5.41) is 23.7. The highest BCUT2D eigenvalue weighted by atomic mass is 32.2. The number of rotatable bonds is 24. The molecule has 25 heteroatoms. The van der Waals surface area contributed by atoms with Crippen LogP contribution in [0.5, 0.6) is 17.2 Å². The average Bonchev–Trinajstić information content (AvgIpc) is 0.774. The largest absolute Gasteiger partial charge is 0.493 e. The molecule has 0 bridgehead atoms. The number of carbonyl (C=O) groups excluding carboxylic acids is 5. The molecule has 9 aromatic carbocycles. The van der Waals surface area contributed by atoms with Crippen molar-refractivity contribution < 1.29 is 68.9 Å². The van der Waals surface area contributed by atoms with Crippen LogP contribution in [0.1, 0.15) is 80.5 Å². The number of likely N-dealkylation sites (tertiary alicyclic amines) is 1. The summed E-state index contributed by atoms with van der Waals surface area (Å²) in [7, 11) is -6.37. The van der Waals surface area contributed by atoms with Crippen molar-refractivity contribution in [2.24, 2.45) is 25.9 Å². The molecule has 0 spiro atoms. The molecule has 1 saturated heterocycles. The lowest BCUT2D eigenvalue weighted by Crippen LogP contribution is -2.53. The van der Waals surface area contributed by atoms with Gasteiger partial charge >= 0.3 is 5.97 Å². The summed E-state index contributed by atoms with van der Waals surface area (Å²) in [5.41, 5.74) is 9.79. The van der Waals surface area contributed by atoms with Crippen molar-refractivity contribution in [2.75, 3.05) is 43.7 Å². The maximum atomic E-state index is 14.2. The normalized spacial score (nSPS) is 13.9. The molecule has 96 heavy (non-hydrogen) atoms. The number of aryl methyl sites for hydroxylation is 1. The lowest BCUT2D eigenvalue weighted by Gasteiger charge is -2.36. The quantitative estimate of drug-likeness (QED) is 0.0123. The first kappa shape index (κ1) is 68.1. The Labute approximate surface area is 553 Å². The van der Waals surface area contributed by atoms with Gasteiger partial charge in [0, 0.05) is 44.8 Å². The predicted octanol–water partition coefficient (Wildman–Crippen LogP) is 14.5. The average molecular weight is 1340 g/mol. The smallest absolute Gasteiger partial charge is 0.329 e. The van der Waals surface area contributed by atoms with Gasteiger partial charge in [0.15, 0.2) is 18.1 Å². The zero-order valence-electron chi connectivity index (χ0n) is 52.9. The first-order chi connectivity index (χ1) is 45.9. The number of piperidine rings is 1. The molecule has 1 aliphatic heterocycles. The van der Waals surface area contributed by atoms with Crippen LogP contribution in [0.4, 0.5) is 39.8 Å². The van der Waals surface area contributed by atoms with Crippen molar-refractivity contribution in [3.63, 3.8) is 0 Å². The molecule has 2 atom stereocenters. The Hall–Kier alpha value is -10.7. The topological polar surface area (TPSA) is 334 Å². The van der Waals surface area contributed by atoms with Crippen molar-refractivity contribution in [1.29, 1.82) is 0 Å². The molecule has 6 N–H and O–H groups in total.